The van der Waals surface area contributed by atoms with Crippen molar-refractivity contribution in [3.63, 3.8) is 0 Å². The summed E-state index contributed by atoms with van der Waals surface area (Å²) in [5.41, 5.74) is 3.10. The zero-order valence-corrected chi connectivity index (χ0v) is 15.4. The van der Waals surface area contributed by atoms with E-state index in [0.29, 0.717) is 41.5 Å². The second kappa shape index (κ2) is 9.01. The van der Waals surface area contributed by atoms with Crippen molar-refractivity contribution in [3.8, 4) is 5.75 Å². The van der Waals surface area contributed by atoms with Crippen LogP contribution in [0, 0.1) is 0 Å². The molecule has 0 amide bonds. The Bertz CT molecular complexity index is 801. The lowest BCUT2D eigenvalue weighted by Gasteiger charge is -2.15. The Labute approximate surface area is 153 Å². The first-order valence-electron chi connectivity index (χ1n) is 8.24. The quantitative estimate of drug-likeness (QED) is 0.569. The molecule has 138 valence electrons. The van der Waals surface area contributed by atoms with Gasteiger partial charge >= 0.3 is 5.97 Å². The van der Waals surface area contributed by atoms with Crippen LogP contribution in [0.2, 0.25) is 0 Å². The normalized spacial score (nSPS) is 10.3. The van der Waals surface area contributed by atoms with Gasteiger partial charge in [0.15, 0.2) is 5.78 Å². The number of Topliss-reactive ketones (excluding diaryl/α,β-unsaturated/α-hetero) is 1. The first-order valence-corrected chi connectivity index (χ1v) is 8.24. The van der Waals surface area contributed by atoms with Crippen molar-refractivity contribution in [2.24, 2.45) is 0 Å². The van der Waals surface area contributed by atoms with Crippen LogP contribution < -0.4 is 10.1 Å². The summed E-state index contributed by atoms with van der Waals surface area (Å²) in [6.45, 7) is 4.24. The highest BCUT2D eigenvalue weighted by Gasteiger charge is 2.12. The molecule has 0 atom stereocenters. The molecule has 2 rings (SSSR count). The third-order valence-electron chi connectivity index (χ3n) is 3.69. The number of benzene rings is 2. The molecule has 0 bridgehead atoms. The minimum atomic E-state index is -0.437. The highest BCUT2D eigenvalue weighted by Crippen LogP contribution is 2.30. The summed E-state index contributed by atoms with van der Waals surface area (Å²) < 4.78 is 15.6. The second-order valence-corrected chi connectivity index (χ2v) is 5.67. The fourth-order valence-electron chi connectivity index (χ4n) is 2.53. The van der Waals surface area contributed by atoms with E-state index >= 15 is 0 Å². The fraction of sp³-hybridized carbons (Fsp3) is 0.300. The Hall–Kier alpha value is -2.86. The van der Waals surface area contributed by atoms with E-state index in [9.17, 15) is 9.59 Å². The molecule has 0 aliphatic carbocycles. The van der Waals surface area contributed by atoms with Gasteiger partial charge in [-0.25, -0.2) is 4.79 Å². The molecule has 0 aliphatic rings. The Morgan fingerprint density at radius 2 is 1.81 bits per heavy atom. The lowest BCUT2D eigenvalue weighted by molar-refractivity contribution is 0.0600. The average Bonchev–Trinajstić information content (AvgIpc) is 2.62. The molecule has 0 saturated heterocycles. The topological polar surface area (TPSA) is 73.9 Å². The van der Waals surface area contributed by atoms with Gasteiger partial charge in [0.25, 0.3) is 0 Å². The molecule has 1 N–H and O–H groups in total. The number of methoxy groups -OCH3 is 2. The van der Waals surface area contributed by atoms with Crippen LogP contribution in [0.15, 0.2) is 36.4 Å². The molecule has 2 aromatic carbocycles. The number of hydrogen-bond donors (Lipinski definition) is 1. The van der Waals surface area contributed by atoms with Gasteiger partial charge in [0.1, 0.15) is 5.75 Å². The predicted octanol–water partition coefficient (Wildman–Crippen LogP) is 3.96. The SMILES string of the molecule is CCOc1ccc(C(C)=O)cc1Nc1cc(COC)cc(C(=O)OC)c1. The van der Waals surface area contributed by atoms with Gasteiger partial charge in [0, 0.05) is 18.4 Å². The van der Waals surface area contributed by atoms with Gasteiger partial charge in [0.2, 0.25) is 0 Å². The van der Waals surface area contributed by atoms with Crippen molar-refractivity contribution >= 4 is 23.1 Å². The summed E-state index contributed by atoms with van der Waals surface area (Å²) in [6, 6.07) is 10.5. The van der Waals surface area contributed by atoms with E-state index in [4.69, 9.17) is 14.2 Å². The van der Waals surface area contributed by atoms with Crippen LogP contribution in [0.3, 0.4) is 0 Å². The van der Waals surface area contributed by atoms with Gasteiger partial charge in [-0.1, -0.05) is 0 Å². The highest BCUT2D eigenvalue weighted by molar-refractivity contribution is 5.96. The molecule has 6 nitrogen and oxygen atoms in total. The maximum atomic E-state index is 11.9. The Kier molecular flexibility index (Phi) is 6.74. The molecular weight excluding hydrogens is 334 g/mol. The van der Waals surface area contributed by atoms with Crippen LogP contribution in [0.1, 0.15) is 40.1 Å². The second-order valence-electron chi connectivity index (χ2n) is 5.67. The molecule has 26 heavy (non-hydrogen) atoms. The van der Waals surface area contributed by atoms with Gasteiger partial charge in [-0.05, 0) is 55.8 Å². The minimum absolute atomic E-state index is 0.0421. The summed E-state index contributed by atoms with van der Waals surface area (Å²) >= 11 is 0. The lowest BCUT2D eigenvalue weighted by Crippen LogP contribution is -2.05. The smallest absolute Gasteiger partial charge is 0.337 e. The van der Waals surface area contributed by atoms with Crippen molar-refractivity contribution < 1.29 is 23.8 Å². The minimum Gasteiger partial charge on any atom is -0.492 e. The van der Waals surface area contributed by atoms with E-state index in [0.717, 1.165) is 5.56 Å². The van der Waals surface area contributed by atoms with Crippen LogP contribution in [0.25, 0.3) is 0 Å². The standard InChI is InChI=1S/C20H23NO5/c1-5-26-19-7-6-15(13(2)22)11-18(19)21-17-9-14(12-24-3)8-16(10-17)20(23)25-4/h6-11,21H,5,12H2,1-4H3. The van der Waals surface area contributed by atoms with Crippen molar-refractivity contribution in [1.29, 1.82) is 0 Å². The molecule has 0 spiro atoms. The van der Waals surface area contributed by atoms with E-state index in [1.807, 2.05) is 13.0 Å². The maximum absolute atomic E-state index is 11.9. The van der Waals surface area contributed by atoms with Crippen LogP contribution in [0.5, 0.6) is 5.75 Å². The van der Waals surface area contributed by atoms with E-state index in [2.05, 4.69) is 5.32 Å². The zero-order chi connectivity index (χ0) is 19.1. The average molecular weight is 357 g/mol. The van der Waals surface area contributed by atoms with Crippen LogP contribution in [-0.2, 0) is 16.1 Å². The number of carbonyl (C=O) groups is 2. The summed E-state index contributed by atoms with van der Waals surface area (Å²) in [5.74, 6) is 0.141. The Morgan fingerprint density at radius 3 is 2.42 bits per heavy atom. The number of ether oxygens (including phenoxy) is 3. The number of anilines is 2. The number of nitrogens with one attached hydrogen (secondary N) is 1. The van der Waals surface area contributed by atoms with Crippen molar-refractivity contribution in [2.75, 3.05) is 26.1 Å². The number of rotatable bonds is 8. The molecular formula is C20H23NO5. The molecule has 6 heteroatoms. The Morgan fingerprint density at radius 1 is 1.04 bits per heavy atom. The van der Waals surface area contributed by atoms with Gasteiger partial charge in [0.05, 0.1) is 31.6 Å². The van der Waals surface area contributed by atoms with E-state index in [1.54, 1.807) is 37.4 Å². The number of ketones is 1. The summed E-state index contributed by atoms with van der Waals surface area (Å²) in [4.78, 5) is 23.6. The molecule has 2 aromatic rings. The van der Waals surface area contributed by atoms with Crippen molar-refractivity contribution in [1.82, 2.24) is 0 Å². The van der Waals surface area contributed by atoms with E-state index < -0.39 is 5.97 Å². The number of esters is 1. The highest BCUT2D eigenvalue weighted by atomic mass is 16.5. The van der Waals surface area contributed by atoms with Crippen molar-refractivity contribution in [3.05, 3.63) is 53.1 Å². The van der Waals surface area contributed by atoms with E-state index in [1.165, 1.54) is 14.0 Å². The molecule has 0 saturated carbocycles. The molecule has 0 fully saturated rings. The molecule has 0 unspecified atom stereocenters. The largest absolute Gasteiger partial charge is 0.492 e. The van der Waals surface area contributed by atoms with E-state index in [-0.39, 0.29) is 5.78 Å². The molecule has 0 aliphatic heterocycles. The van der Waals surface area contributed by atoms with Crippen LogP contribution >= 0.6 is 0 Å². The first-order chi connectivity index (χ1) is 12.5. The molecule has 0 heterocycles. The Balaban J connectivity index is 2.45. The van der Waals surface area contributed by atoms with Crippen LogP contribution in [0.4, 0.5) is 11.4 Å². The van der Waals surface area contributed by atoms with Gasteiger partial charge in [-0.3, -0.25) is 4.79 Å². The monoisotopic (exact) mass is 357 g/mol. The number of hydrogen-bond acceptors (Lipinski definition) is 6. The third kappa shape index (κ3) is 4.83. The van der Waals surface area contributed by atoms with Crippen molar-refractivity contribution in [2.45, 2.75) is 20.5 Å². The summed E-state index contributed by atoms with van der Waals surface area (Å²) in [5, 5.41) is 3.23. The van der Waals surface area contributed by atoms with Gasteiger partial charge in [-0.2, -0.15) is 0 Å². The zero-order valence-electron chi connectivity index (χ0n) is 15.4. The molecule has 0 radical (unpaired) electrons. The summed E-state index contributed by atoms with van der Waals surface area (Å²) in [6.07, 6.45) is 0. The molecule has 0 aromatic heterocycles. The van der Waals surface area contributed by atoms with Gasteiger partial charge < -0.3 is 19.5 Å². The van der Waals surface area contributed by atoms with Gasteiger partial charge in [-0.15, -0.1) is 0 Å². The summed E-state index contributed by atoms with van der Waals surface area (Å²) in [7, 11) is 2.92. The third-order valence-corrected chi connectivity index (χ3v) is 3.69. The maximum Gasteiger partial charge on any atom is 0.337 e. The fourth-order valence-corrected chi connectivity index (χ4v) is 2.53. The number of carbonyl (C=O) groups excluding carboxylic acids is 2. The predicted molar refractivity (Wildman–Crippen MR) is 99.4 cm³/mol. The first kappa shape index (κ1) is 19.5. The van der Waals surface area contributed by atoms with Crippen LogP contribution in [-0.4, -0.2) is 32.6 Å². The lowest BCUT2D eigenvalue weighted by atomic mass is 10.1.